The largest absolute Gasteiger partial charge is 0.313 e. The van der Waals surface area contributed by atoms with Gasteiger partial charge in [0.05, 0.1) is 0 Å². The third kappa shape index (κ3) is 5.22. The standard InChI is InChI=1S/C17H29N3/c1-4-9-17(2,13-19-16-5-6-16)14-20(3)12-15-7-10-18-11-8-15/h7-8,10-11,16,19H,4-6,9,12-14H2,1-3H3. The Hall–Kier alpha value is -0.930. The van der Waals surface area contributed by atoms with Crippen molar-refractivity contribution in [2.45, 2.75) is 52.1 Å². The Morgan fingerprint density at radius 2 is 2.05 bits per heavy atom. The summed E-state index contributed by atoms with van der Waals surface area (Å²) in [6.45, 7) is 8.01. The maximum atomic E-state index is 4.08. The summed E-state index contributed by atoms with van der Waals surface area (Å²) in [6.07, 6.45) is 9.04. The van der Waals surface area contributed by atoms with E-state index in [2.05, 4.69) is 48.2 Å². The van der Waals surface area contributed by atoms with Gasteiger partial charge in [-0.25, -0.2) is 0 Å². The molecule has 0 saturated heterocycles. The van der Waals surface area contributed by atoms with Crippen LogP contribution in [-0.2, 0) is 6.54 Å². The molecule has 112 valence electrons. The van der Waals surface area contributed by atoms with E-state index in [1.807, 2.05) is 12.4 Å². The Bertz CT molecular complexity index is 388. The molecule has 0 aliphatic heterocycles. The van der Waals surface area contributed by atoms with Crippen LogP contribution in [0.1, 0.15) is 45.1 Å². The van der Waals surface area contributed by atoms with Crippen molar-refractivity contribution in [3.8, 4) is 0 Å². The average molecular weight is 275 g/mol. The molecule has 3 heteroatoms. The molecular weight excluding hydrogens is 246 g/mol. The Labute approximate surface area is 123 Å². The summed E-state index contributed by atoms with van der Waals surface area (Å²) in [5, 5.41) is 3.71. The molecule has 1 aliphatic carbocycles. The normalized spacial score (nSPS) is 18.2. The van der Waals surface area contributed by atoms with Crippen molar-refractivity contribution in [1.29, 1.82) is 0 Å². The zero-order valence-corrected chi connectivity index (χ0v) is 13.2. The second-order valence-corrected chi connectivity index (χ2v) is 6.74. The highest BCUT2D eigenvalue weighted by atomic mass is 15.1. The molecule has 2 rings (SSSR count). The highest BCUT2D eigenvalue weighted by Gasteiger charge is 2.29. The van der Waals surface area contributed by atoms with E-state index < -0.39 is 0 Å². The summed E-state index contributed by atoms with van der Waals surface area (Å²) in [5.41, 5.74) is 1.72. The number of pyridine rings is 1. The highest BCUT2D eigenvalue weighted by Crippen LogP contribution is 2.27. The van der Waals surface area contributed by atoms with Crippen molar-refractivity contribution in [3.05, 3.63) is 30.1 Å². The lowest BCUT2D eigenvalue weighted by Gasteiger charge is -2.34. The fraction of sp³-hybridized carbons (Fsp3) is 0.706. The minimum atomic E-state index is 0.374. The van der Waals surface area contributed by atoms with Crippen molar-refractivity contribution >= 4 is 0 Å². The number of aromatic nitrogens is 1. The fourth-order valence-corrected chi connectivity index (χ4v) is 3.01. The van der Waals surface area contributed by atoms with E-state index in [1.54, 1.807) is 0 Å². The average Bonchev–Trinajstić information content (AvgIpc) is 3.22. The van der Waals surface area contributed by atoms with E-state index in [9.17, 15) is 0 Å². The molecule has 1 aromatic heterocycles. The number of hydrogen-bond donors (Lipinski definition) is 1. The second-order valence-electron chi connectivity index (χ2n) is 6.74. The van der Waals surface area contributed by atoms with Gasteiger partial charge in [-0.15, -0.1) is 0 Å². The number of hydrogen-bond acceptors (Lipinski definition) is 3. The molecule has 1 heterocycles. The van der Waals surface area contributed by atoms with Gasteiger partial charge in [-0.3, -0.25) is 4.98 Å². The molecule has 1 unspecified atom stereocenters. The number of nitrogens with zero attached hydrogens (tertiary/aromatic N) is 2. The first-order valence-electron chi connectivity index (χ1n) is 7.92. The summed E-state index contributed by atoms with van der Waals surface area (Å²) in [5.74, 6) is 0. The summed E-state index contributed by atoms with van der Waals surface area (Å²) < 4.78 is 0. The van der Waals surface area contributed by atoms with Crippen LogP contribution in [0.4, 0.5) is 0 Å². The Kier molecular flexibility index (Phi) is 5.55. The van der Waals surface area contributed by atoms with Gasteiger partial charge in [-0.1, -0.05) is 20.3 Å². The summed E-state index contributed by atoms with van der Waals surface area (Å²) in [6, 6.07) is 5.02. The SMILES string of the molecule is CCCC(C)(CNC1CC1)CN(C)Cc1ccncc1. The first kappa shape index (κ1) is 15.5. The minimum absolute atomic E-state index is 0.374. The lowest BCUT2D eigenvalue weighted by Crippen LogP contribution is -2.41. The van der Waals surface area contributed by atoms with Crippen LogP contribution in [0.2, 0.25) is 0 Å². The predicted octanol–water partition coefficient (Wildman–Crippen LogP) is 3.07. The first-order valence-corrected chi connectivity index (χ1v) is 7.92. The van der Waals surface area contributed by atoms with Crippen LogP contribution in [0.25, 0.3) is 0 Å². The van der Waals surface area contributed by atoms with Gasteiger partial charge < -0.3 is 10.2 Å². The van der Waals surface area contributed by atoms with E-state index in [0.29, 0.717) is 5.41 Å². The lowest BCUT2D eigenvalue weighted by molar-refractivity contribution is 0.167. The molecule has 3 nitrogen and oxygen atoms in total. The molecule has 0 bridgehead atoms. The summed E-state index contributed by atoms with van der Waals surface area (Å²) >= 11 is 0. The van der Waals surface area contributed by atoms with Crippen molar-refractivity contribution in [2.24, 2.45) is 5.41 Å². The van der Waals surface area contributed by atoms with Gasteiger partial charge in [0.15, 0.2) is 0 Å². The minimum Gasteiger partial charge on any atom is -0.313 e. The molecule has 0 amide bonds. The molecule has 1 atom stereocenters. The molecule has 1 aromatic rings. The van der Waals surface area contributed by atoms with Gasteiger partial charge >= 0.3 is 0 Å². The van der Waals surface area contributed by atoms with Crippen molar-refractivity contribution in [3.63, 3.8) is 0 Å². The number of nitrogens with one attached hydrogen (secondary N) is 1. The van der Waals surface area contributed by atoms with Crippen LogP contribution in [0, 0.1) is 5.41 Å². The van der Waals surface area contributed by atoms with Crippen molar-refractivity contribution in [2.75, 3.05) is 20.1 Å². The Morgan fingerprint density at radius 1 is 1.35 bits per heavy atom. The second kappa shape index (κ2) is 7.19. The van der Waals surface area contributed by atoms with Crippen LogP contribution in [0.15, 0.2) is 24.5 Å². The molecule has 0 radical (unpaired) electrons. The van der Waals surface area contributed by atoms with Crippen LogP contribution >= 0.6 is 0 Å². The third-order valence-corrected chi connectivity index (χ3v) is 4.10. The van der Waals surface area contributed by atoms with Gasteiger partial charge in [-0.2, -0.15) is 0 Å². The van der Waals surface area contributed by atoms with Crippen LogP contribution in [0.3, 0.4) is 0 Å². The Balaban J connectivity index is 1.85. The van der Waals surface area contributed by atoms with E-state index in [1.165, 1.54) is 31.2 Å². The topological polar surface area (TPSA) is 28.2 Å². The lowest BCUT2D eigenvalue weighted by atomic mass is 9.84. The predicted molar refractivity (Wildman–Crippen MR) is 84.6 cm³/mol. The molecule has 1 saturated carbocycles. The van der Waals surface area contributed by atoms with Gasteiger partial charge in [0.2, 0.25) is 0 Å². The monoisotopic (exact) mass is 275 g/mol. The molecule has 1 N–H and O–H groups in total. The number of rotatable bonds is 9. The molecule has 20 heavy (non-hydrogen) atoms. The fourth-order valence-electron chi connectivity index (χ4n) is 3.01. The third-order valence-electron chi connectivity index (χ3n) is 4.10. The van der Waals surface area contributed by atoms with E-state index in [4.69, 9.17) is 0 Å². The van der Waals surface area contributed by atoms with E-state index in [0.717, 1.165) is 25.7 Å². The van der Waals surface area contributed by atoms with Crippen LogP contribution in [0.5, 0.6) is 0 Å². The van der Waals surface area contributed by atoms with E-state index >= 15 is 0 Å². The molecular formula is C17H29N3. The molecule has 1 fully saturated rings. The van der Waals surface area contributed by atoms with E-state index in [-0.39, 0.29) is 0 Å². The first-order chi connectivity index (χ1) is 9.61. The quantitative estimate of drug-likeness (QED) is 0.751. The van der Waals surface area contributed by atoms with Crippen molar-refractivity contribution in [1.82, 2.24) is 15.2 Å². The zero-order chi connectivity index (χ0) is 14.4. The molecule has 1 aliphatic rings. The summed E-state index contributed by atoms with van der Waals surface area (Å²) in [7, 11) is 2.23. The van der Waals surface area contributed by atoms with Gasteiger partial charge in [0.25, 0.3) is 0 Å². The van der Waals surface area contributed by atoms with Gasteiger partial charge in [0, 0.05) is 38.1 Å². The zero-order valence-electron chi connectivity index (χ0n) is 13.2. The maximum absolute atomic E-state index is 4.08. The smallest absolute Gasteiger partial charge is 0.0271 e. The van der Waals surface area contributed by atoms with Gasteiger partial charge in [-0.05, 0) is 49.4 Å². The highest BCUT2D eigenvalue weighted by molar-refractivity contribution is 5.09. The summed E-state index contributed by atoms with van der Waals surface area (Å²) in [4.78, 5) is 6.53. The van der Waals surface area contributed by atoms with Crippen molar-refractivity contribution < 1.29 is 0 Å². The molecule has 0 aromatic carbocycles. The molecule has 0 spiro atoms. The maximum Gasteiger partial charge on any atom is 0.0271 e. The van der Waals surface area contributed by atoms with Gasteiger partial charge in [0.1, 0.15) is 0 Å². The Morgan fingerprint density at radius 3 is 2.65 bits per heavy atom. The van der Waals surface area contributed by atoms with Crippen LogP contribution in [-0.4, -0.2) is 36.1 Å². The van der Waals surface area contributed by atoms with Crippen LogP contribution < -0.4 is 5.32 Å².